The molecule has 0 aliphatic carbocycles. The minimum absolute atomic E-state index is 0.0286. The Morgan fingerprint density at radius 1 is 1.28 bits per heavy atom. The van der Waals surface area contributed by atoms with E-state index in [1.807, 2.05) is 57.4 Å². The Morgan fingerprint density at radius 3 is 2.59 bits per heavy atom. The van der Waals surface area contributed by atoms with Crippen LogP contribution in [0.3, 0.4) is 0 Å². The van der Waals surface area contributed by atoms with Crippen molar-refractivity contribution in [2.24, 2.45) is 5.73 Å². The number of nitrogens with zero attached hydrogens (tertiary/aromatic N) is 1. The van der Waals surface area contributed by atoms with Gasteiger partial charge in [0.1, 0.15) is 11.3 Å². The van der Waals surface area contributed by atoms with Crippen molar-refractivity contribution in [3.63, 3.8) is 0 Å². The van der Waals surface area contributed by atoms with Crippen molar-refractivity contribution in [3.05, 3.63) is 75.0 Å². The number of nitrogens with one attached hydrogen (secondary N) is 1. The molecule has 1 atom stereocenters. The fraction of sp³-hybridized carbons (Fsp3) is 0.364. The lowest BCUT2D eigenvalue weighted by molar-refractivity contribution is -0.858. The summed E-state index contributed by atoms with van der Waals surface area (Å²) in [5.74, 6) is -0.863. The average molecular weight is 398 g/mol. The van der Waals surface area contributed by atoms with Crippen LogP contribution in [0.5, 0.6) is 5.75 Å². The molecule has 1 aromatic heterocycles. The molecule has 3 rings (SSSR count). The van der Waals surface area contributed by atoms with Gasteiger partial charge in [0.15, 0.2) is 0 Å². The number of fused-ring (bicyclic) bond motifs is 1. The van der Waals surface area contributed by atoms with Gasteiger partial charge in [0.25, 0.3) is 5.56 Å². The number of esters is 1. The Kier molecular flexibility index (Phi) is 6.08. The van der Waals surface area contributed by atoms with Crippen LogP contribution >= 0.6 is 0 Å². The summed E-state index contributed by atoms with van der Waals surface area (Å²) in [5, 5.41) is 0. The molecule has 1 aliphatic rings. The molecular weight excluding hydrogens is 370 g/mol. The van der Waals surface area contributed by atoms with Crippen LogP contribution in [0.4, 0.5) is 0 Å². The lowest BCUT2D eigenvalue weighted by Gasteiger charge is -2.29. The third-order valence-electron chi connectivity index (χ3n) is 5.03. The second kappa shape index (κ2) is 8.53. The van der Waals surface area contributed by atoms with E-state index in [-0.39, 0.29) is 23.6 Å². The van der Waals surface area contributed by atoms with Crippen molar-refractivity contribution >= 4 is 5.97 Å². The number of hydrogen-bond donors (Lipinski definition) is 2. The maximum atomic E-state index is 13.5. The molecule has 2 aromatic rings. The minimum Gasteiger partial charge on any atom is -0.462 e. The van der Waals surface area contributed by atoms with Gasteiger partial charge in [-0.3, -0.25) is 4.79 Å². The number of aryl methyl sites for hydroxylation is 1. The van der Waals surface area contributed by atoms with Gasteiger partial charge >= 0.3 is 5.97 Å². The molecule has 0 unspecified atom stereocenters. The first-order chi connectivity index (χ1) is 13.8. The van der Waals surface area contributed by atoms with E-state index in [0.29, 0.717) is 17.9 Å². The topological polar surface area (TPSA) is 88.0 Å². The summed E-state index contributed by atoms with van der Waals surface area (Å²) in [4.78, 5) is 27.5. The van der Waals surface area contributed by atoms with Gasteiger partial charge in [-0.15, -0.1) is 0 Å². The Labute approximate surface area is 170 Å². The number of carbonyl (C=O) groups excluding carboxylic acids is 1. The third-order valence-corrected chi connectivity index (χ3v) is 5.03. The molecule has 0 fully saturated rings. The van der Waals surface area contributed by atoms with Crippen LogP contribution in [0.15, 0.2) is 52.6 Å². The summed E-state index contributed by atoms with van der Waals surface area (Å²) < 4.78 is 12.7. The molecule has 0 saturated heterocycles. The van der Waals surface area contributed by atoms with E-state index in [0.717, 1.165) is 17.8 Å². The summed E-state index contributed by atoms with van der Waals surface area (Å²) in [6.45, 7) is 5.15. The minimum atomic E-state index is -0.648. The fourth-order valence-electron chi connectivity index (χ4n) is 3.59. The van der Waals surface area contributed by atoms with Crippen LogP contribution in [0.2, 0.25) is 0 Å². The largest absolute Gasteiger partial charge is 0.462 e. The first-order valence-corrected chi connectivity index (χ1v) is 9.78. The number of aromatic nitrogens is 1. The van der Waals surface area contributed by atoms with Crippen molar-refractivity contribution in [3.8, 4) is 5.75 Å². The van der Waals surface area contributed by atoms with Gasteiger partial charge in [0.05, 0.1) is 45.3 Å². The molecule has 1 aliphatic heterocycles. The molecule has 0 bridgehead atoms. The van der Waals surface area contributed by atoms with Crippen molar-refractivity contribution in [2.45, 2.75) is 26.3 Å². The number of rotatable bonds is 6. The molecule has 7 nitrogen and oxygen atoms in total. The highest BCUT2D eigenvalue weighted by molar-refractivity contribution is 5.92. The average Bonchev–Trinajstić information content (AvgIpc) is 2.67. The number of likely N-dealkylation sites (N-methyl/N-ethyl adjacent to an activating group) is 1. The molecule has 0 radical (unpaired) electrons. The van der Waals surface area contributed by atoms with Gasteiger partial charge in [-0.25, -0.2) is 4.79 Å². The highest BCUT2D eigenvalue weighted by Gasteiger charge is 2.38. The van der Waals surface area contributed by atoms with Crippen molar-refractivity contribution in [1.29, 1.82) is 0 Å². The smallest absolute Gasteiger partial charge is 0.340 e. The van der Waals surface area contributed by atoms with E-state index in [2.05, 4.69) is 0 Å². The lowest BCUT2D eigenvalue weighted by Crippen LogP contribution is -3.06. The van der Waals surface area contributed by atoms with Gasteiger partial charge in [-0.2, -0.15) is 0 Å². The lowest BCUT2D eigenvalue weighted by atomic mass is 9.83. The first kappa shape index (κ1) is 20.7. The number of quaternary nitrogens is 1. The van der Waals surface area contributed by atoms with E-state index in [1.165, 1.54) is 4.90 Å². The molecule has 154 valence electrons. The Bertz CT molecular complexity index is 993. The highest BCUT2D eigenvalue weighted by Crippen LogP contribution is 2.41. The first-order valence-electron chi connectivity index (χ1n) is 9.78. The van der Waals surface area contributed by atoms with Crippen LogP contribution in [-0.4, -0.2) is 37.8 Å². The molecule has 7 heteroatoms. The number of pyridine rings is 1. The molecule has 1 aromatic carbocycles. The summed E-state index contributed by atoms with van der Waals surface area (Å²) in [7, 11) is 4.08. The summed E-state index contributed by atoms with van der Waals surface area (Å²) in [5.41, 5.74) is 8.10. The Morgan fingerprint density at radius 2 is 1.97 bits per heavy atom. The van der Waals surface area contributed by atoms with Gasteiger partial charge in [0, 0.05) is 11.8 Å². The van der Waals surface area contributed by atoms with E-state index in [4.69, 9.17) is 15.2 Å². The van der Waals surface area contributed by atoms with Crippen LogP contribution in [0, 0.1) is 6.92 Å². The second-order valence-corrected chi connectivity index (χ2v) is 7.42. The zero-order chi connectivity index (χ0) is 21.1. The molecule has 0 spiro atoms. The van der Waals surface area contributed by atoms with Crippen LogP contribution in [0.25, 0.3) is 0 Å². The van der Waals surface area contributed by atoms with Crippen molar-refractivity contribution in [2.75, 3.05) is 27.2 Å². The monoisotopic (exact) mass is 398 g/mol. The van der Waals surface area contributed by atoms with E-state index in [9.17, 15) is 9.59 Å². The number of carbonyl (C=O) groups is 1. The molecule has 0 saturated carbocycles. The normalized spacial score (nSPS) is 15.8. The number of ether oxygens (including phenoxy) is 2. The molecule has 0 amide bonds. The fourth-order valence-corrected chi connectivity index (χ4v) is 3.59. The Balaban J connectivity index is 2.23. The predicted octanol–water partition coefficient (Wildman–Crippen LogP) is 0.559. The zero-order valence-corrected chi connectivity index (χ0v) is 17.3. The second-order valence-electron chi connectivity index (χ2n) is 7.42. The zero-order valence-electron chi connectivity index (χ0n) is 17.3. The SMILES string of the molecule is CCOC(=O)C1=C(N)Oc2cc(C)n(CC[NH+](C)C)c(=O)c2[C@@H]1c1ccccc1. The van der Waals surface area contributed by atoms with Crippen LogP contribution in [0.1, 0.15) is 29.7 Å². The predicted molar refractivity (Wildman–Crippen MR) is 110 cm³/mol. The molecule has 3 N–H and O–H groups in total. The quantitative estimate of drug-likeness (QED) is 0.695. The van der Waals surface area contributed by atoms with Crippen molar-refractivity contribution in [1.82, 2.24) is 4.57 Å². The molecular formula is C22H28N3O4+. The van der Waals surface area contributed by atoms with E-state index >= 15 is 0 Å². The van der Waals surface area contributed by atoms with E-state index in [1.54, 1.807) is 11.5 Å². The maximum absolute atomic E-state index is 13.5. The summed E-state index contributed by atoms with van der Waals surface area (Å²) in [6, 6.07) is 11.2. The van der Waals surface area contributed by atoms with Crippen molar-refractivity contribution < 1.29 is 19.2 Å². The van der Waals surface area contributed by atoms with E-state index < -0.39 is 11.9 Å². The molecule has 2 heterocycles. The molecule has 29 heavy (non-hydrogen) atoms. The third kappa shape index (κ3) is 4.05. The number of hydrogen-bond acceptors (Lipinski definition) is 5. The summed E-state index contributed by atoms with van der Waals surface area (Å²) in [6.07, 6.45) is 0. The highest BCUT2D eigenvalue weighted by atomic mass is 16.5. The Hall–Kier alpha value is -3.06. The van der Waals surface area contributed by atoms with Crippen LogP contribution < -0.4 is 20.9 Å². The van der Waals surface area contributed by atoms with Gasteiger partial charge < -0.3 is 24.7 Å². The summed E-state index contributed by atoms with van der Waals surface area (Å²) >= 11 is 0. The van der Waals surface area contributed by atoms with Gasteiger partial charge in [-0.1, -0.05) is 30.3 Å². The van der Waals surface area contributed by atoms with Gasteiger partial charge in [-0.05, 0) is 19.4 Å². The van der Waals surface area contributed by atoms with Gasteiger partial charge in [0.2, 0.25) is 5.88 Å². The number of nitrogens with two attached hydrogens (primary N) is 1. The maximum Gasteiger partial charge on any atom is 0.340 e. The van der Waals surface area contributed by atoms with Crippen LogP contribution in [-0.2, 0) is 16.1 Å². The number of benzene rings is 1. The standard InChI is InChI=1S/C22H27N3O4/c1-5-28-22(27)19-17(15-9-7-6-8-10-15)18-16(29-20(19)23)13-14(2)25(21(18)26)12-11-24(3)4/h6-10,13,17H,5,11-12,23H2,1-4H3/p+1/t17-/m0/s1.